The summed E-state index contributed by atoms with van der Waals surface area (Å²) in [4.78, 5) is 0. The van der Waals surface area contributed by atoms with E-state index in [-0.39, 0.29) is 0 Å². The van der Waals surface area contributed by atoms with Crippen LogP contribution < -0.4 is 5.32 Å². The van der Waals surface area contributed by atoms with Gasteiger partial charge in [0, 0.05) is 0 Å². The summed E-state index contributed by atoms with van der Waals surface area (Å²) in [6.07, 6.45) is 2.58. The molecule has 1 fully saturated rings. The van der Waals surface area contributed by atoms with Crippen LogP contribution in [0.25, 0.3) is 0 Å². The summed E-state index contributed by atoms with van der Waals surface area (Å²) in [6, 6.07) is 8.93. The Kier molecular flexibility index (Phi) is 2.65. The minimum absolute atomic E-state index is 0.864. The van der Waals surface area contributed by atoms with Gasteiger partial charge in [0.05, 0.1) is 0 Å². The van der Waals surface area contributed by atoms with E-state index in [1.54, 1.807) is 0 Å². The zero-order valence-electron chi connectivity index (χ0n) is 8.22. The second-order valence-electron chi connectivity index (χ2n) is 4.05. The molecule has 1 aliphatic heterocycles. The highest BCUT2D eigenvalue weighted by atomic mass is 14.9. The van der Waals surface area contributed by atoms with Gasteiger partial charge in [0.15, 0.2) is 0 Å². The Bertz CT molecular complexity index is 257. The number of hydrogen-bond donors (Lipinski definition) is 1. The molecule has 1 heteroatoms. The molecule has 0 radical (unpaired) electrons. The predicted octanol–water partition coefficient (Wildman–Crippen LogP) is 2.15. The number of rotatable bonds is 2. The van der Waals surface area contributed by atoms with Crippen LogP contribution in [-0.4, -0.2) is 13.1 Å². The normalized spacial score (nSPS) is 22.1. The smallest absolute Gasteiger partial charge is 0.00169 e. The minimum Gasteiger partial charge on any atom is -0.316 e. The summed E-state index contributed by atoms with van der Waals surface area (Å²) in [6.45, 7) is 4.55. The van der Waals surface area contributed by atoms with Gasteiger partial charge in [-0.3, -0.25) is 0 Å². The molecular weight excluding hydrogens is 158 g/mol. The highest BCUT2D eigenvalue weighted by molar-refractivity contribution is 5.21. The number of nitrogens with one attached hydrogen (secondary N) is 1. The first-order chi connectivity index (χ1) is 6.34. The van der Waals surface area contributed by atoms with Gasteiger partial charge in [-0.2, -0.15) is 0 Å². The average molecular weight is 175 g/mol. The van der Waals surface area contributed by atoms with E-state index in [1.165, 1.54) is 37.1 Å². The summed E-state index contributed by atoms with van der Waals surface area (Å²) < 4.78 is 0. The summed E-state index contributed by atoms with van der Waals surface area (Å²) in [7, 11) is 0. The molecule has 0 aliphatic carbocycles. The van der Waals surface area contributed by atoms with Crippen LogP contribution in [-0.2, 0) is 6.42 Å². The number of aryl methyl sites for hydroxylation is 1. The number of benzene rings is 1. The summed E-state index contributed by atoms with van der Waals surface area (Å²) in [5.41, 5.74) is 2.84. The molecule has 1 heterocycles. The largest absolute Gasteiger partial charge is 0.316 e. The van der Waals surface area contributed by atoms with Gasteiger partial charge in [-0.05, 0) is 44.3 Å². The van der Waals surface area contributed by atoms with Crippen LogP contribution in [0, 0.1) is 12.8 Å². The Morgan fingerprint density at radius 2 is 2.08 bits per heavy atom. The standard InChI is InChI=1S/C12H17N/c1-10-2-4-11(5-3-10)8-12-6-7-13-9-12/h2-5,12-13H,6-9H2,1H3/t12-/m0/s1. The molecule has 1 aromatic rings. The van der Waals surface area contributed by atoms with Gasteiger partial charge in [0.2, 0.25) is 0 Å². The fourth-order valence-corrected chi connectivity index (χ4v) is 1.95. The Labute approximate surface area is 80.2 Å². The highest BCUT2D eigenvalue weighted by Crippen LogP contribution is 2.15. The maximum Gasteiger partial charge on any atom is -0.00169 e. The third-order valence-corrected chi connectivity index (χ3v) is 2.81. The first-order valence-electron chi connectivity index (χ1n) is 5.11. The topological polar surface area (TPSA) is 12.0 Å². The molecule has 0 amide bonds. The molecular formula is C12H17N. The lowest BCUT2D eigenvalue weighted by Crippen LogP contribution is -2.10. The lowest BCUT2D eigenvalue weighted by atomic mass is 9.98. The van der Waals surface area contributed by atoms with Crippen molar-refractivity contribution in [3.8, 4) is 0 Å². The molecule has 0 aromatic heterocycles. The SMILES string of the molecule is Cc1ccc(C[C@@H]2CCNC2)cc1. The quantitative estimate of drug-likeness (QED) is 0.726. The molecule has 2 rings (SSSR count). The Morgan fingerprint density at radius 1 is 1.31 bits per heavy atom. The third-order valence-electron chi connectivity index (χ3n) is 2.81. The summed E-state index contributed by atoms with van der Waals surface area (Å²) in [5, 5.41) is 3.40. The fourth-order valence-electron chi connectivity index (χ4n) is 1.95. The van der Waals surface area contributed by atoms with Gasteiger partial charge in [-0.25, -0.2) is 0 Å². The molecule has 1 N–H and O–H groups in total. The van der Waals surface area contributed by atoms with E-state index in [1.807, 2.05) is 0 Å². The average Bonchev–Trinajstić information content (AvgIpc) is 2.62. The molecule has 0 saturated carbocycles. The number of hydrogen-bond acceptors (Lipinski definition) is 1. The van der Waals surface area contributed by atoms with E-state index in [4.69, 9.17) is 0 Å². The van der Waals surface area contributed by atoms with Crippen LogP contribution >= 0.6 is 0 Å². The van der Waals surface area contributed by atoms with Crippen molar-refractivity contribution in [2.75, 3.05) is 13.1 Å². The summed E-state index contributed by atoms with van der Waals surface area (Å²) >= 11 is 0. The second kappa shape index (κ2) is 3.93. The van der Waals surface area contributed by atoms with Gasteiger partial charge >= 0.3 is 0 Å². The Morgan fingerprint density at radius 3 is 2.69 bits per heavy atom. The first kappa shape index (κ1) is 8.76. The zero-order valence-corrected chi connectivity index (χ0v) is 8.22. The maximum atomic E-state index is 3.40. The molecule has 1 atom stereocenters. The van der Waals surface area contributed by atoms with Crippen molar-refractivity contribution in [3.63, 3.8) is 0 Å². The monoisotopic (exact) mass is 175 g/mol. The zero-order chi connectivity index (χ0) is 9.10. The summed E-state index contributed by atoms with van der Waals surface area (Å²) in [5.74, 6) is 0.864. The van der Waals surface area contributed by atoms with E-state index in [2.05, 4.69) is 36.5 Å². The lowest BCUT2D eigenvalue weighted by Gasteiger charge is -2.07. The van der Waals surface area contributed by atoms with Crippen molar-refractivity contribution in [2.24, 2.45) is 5.92 Å². The van der Waals surface area contributed by atoms with E-state index in [9.17, 15) is 0 Å². The van der Waals surface area contributed by atoms with E-state index in [0.29, 0.717) is 0 Å². The van der Waals surface area contributed by atoms with Crippen molar-refractivity contribution in [1.82, 2.24) is 5.32 Å². The van der Waals surface area contributed by atoms with Crippen LogP contribution in [0.2, 0.25) is 0 Å². The Hall–Kier alpha value is -0.820. The molecule has 13 heavy (non-hydrogen) atoms. The van der Waals surface area contributed by atoms with Crippen LogP contribution in [0.4, 0.5) is 0 Å². The van der Waals surface area contributed by atoms with Crippen molar-refractivity contribution in [1.29, 1.82) is 0 Å². The lowest BCUT2D eigenvalue weighted by molar-refractivity contribution is 0.580. The minimum atomic E-state index is 0.864. The van der Waals surface area contributed by atoms with Gasteiger partial charge in [0.25, 0.3) is 0 Å². The van der Waals surface area contributed by atoms with Gasteiger partial charge < -0.3 is 5.32 Å². The van der Waals surface area contributed by atoms with Gasteiger partial charge in [-0.1, -0.05) is 29.8 Å². The molecule has 0 unspecified atom stereocenters. The van der Waals surface area contributed by atoms with Crippen LogP contribution in [0.1, 0.15) is 17.5 Å². The van der Waals surface area contributed by atoms with Crippen LogP contribution in [0.15, 0.2) is 24.3 Å². The van der Waals surface area contributed by atoms with E-state index < -0.39 is 0 Å². The molecule has 1 aromatic carbocycles. The van der Waals surface area contributed by atoms with Crippen molar-refractivity contribution >= 4 is 0 Å². The van der Waals surface area contributed by atoms with Crippen LogP contribution in [0.3, 0.4) is 0 Å². The third kappa shape index (κ3) is 2.31. The van der Waals surface area contributed by atoms with Gasteiger partial charge in [-0.15, -0.1) is 0 Å². The molecule has 1 aliphatic rings. The highest BCUT2D eigenvalue weighted by Gasteiger charge is 2.14. The first-order valence-corrected chi connectivity index (χ1v) is 5.11. The van der Waals surface area contributed by atoms with E-state index >= 15 is 0 Å². The van der Waals surface area contributed by atoms with Gasteiger partial charge in [0.1, 0.15) is 0 Å². The van der Waals surface area contributed by atoms with Crippen LogP contribution in [0.5, 0.6) is 0 Å². The fraction of sp³-hybridized carbons (Fsp3) is 0.500. The van der Waals surface area contributed by atoms with Crippen molar-refractivity contribution < 1.29 is 0 Å². The predicted molar refractivity (Wildman–Crippen MR) is 55.9 cm³/mol. The van der Waals surface area contributed by atoms with Crippen molar-refractivity contribution in [2.45, 2.75) is 19.8 Å². The maximum absolute atomic E-state index is 3.40. The Balaban J connectivity index is 1.97. The van der Waals surface area contributed by atoms with Crippen molar-refractivity contribution in [3.05, 3.63) is 35.4 Å². The second-order valence-corrected chi connectivity index (χ2v) is 4.05. The molecule has 1 nitrogen and oxygen atoms in total. The molecule has 70 valence electrons. The molecule has 0 spiro atoms. The van der Waals surface area contributed by atoms with E-state index in [0.717, 1.165) is 5.92 Å². The molecule has 1 saturated heterocycles. The molecule has 0 bridgehead atoms.